The van der Waals surface area contributed by atoms with Gasteiger partial charge >= 0.3 is 0 Å². The van der Waals surface area contributed by atoms with Crippen LogP contribution in [0.15, 0.2) is 51.4 Å². The Balaban J connectivity index is 2.00. The van der Waals surface area contributed by atoms with Crippen LogP contribution in [-0.2, 0) is 10.4 Å². The third-order valence-corrected chi connectivity index (χ3v) is 4.97. The minimum Gasteiger partial charge on any atom is -0.375 e. The summed E-state index contributed by atoms with van der Waals surface area (Å²) in [5.41, 5.74) is -0.329. The predicted molar refractivity (Wildman–Crippen MR) is 94.5 cm³/mol. The van der Waals surface area contributed by atoms with E-state index in [1.807, 2.05) is 6.07 Å². The SMILES string of the molecule is CN1C(=O)C(O)(CC(=O)c2cccc(Br)c2)c2cc(Br)ccc21. The quantitative estimate of drug-likeness (QED) is 0.744. The Hall–Kier alpha value is -1.50. The van der Waals surface area contributed by atoms with Crippen LogP contribution in [0.2, 0.25) is 0 Å². The van der Waals surface area contributed by atoms with Crippen LogP contribution in [-0.4, -0.2) is 23.8 Å². The van der Waals surface area contributed by atoms with Crippen molar-refractivity contribution in [3.63, 3.8) is 0 Å². The summed E-state index contributed by atoms with van der Waals surface area (Å²) >= 11 is 6.66. The molecule has 0 saturated carbocycles. The van der Waals surface area contributed by atoms with Gasteiger partial charge in [0.2, 0.25) is 0 Å². The average molecular weight is 439 g/mol. The van der Waals surface area contributed by atoms with Gasteiger partial charge in [-0.05, 0) is 30.3 Å². The van der Waals surface area contributed by atoms with Crippen molar-refractivity contribution < 1.29 is 14.7 Å². The number of halogens is 2. The zero-order valence-electron chi connectivity index (χ0n) is 12.2. The number of aliphatic hydroxyl groups is 1. The van der Waals surface area contributed by atoms with Gasteiger partial charge in [0.1, 0.15) is 0 Å². The molecule has 0 radical (unpaired) electrons. The second kappa shape index (κ2) is 5.85. The van der Waals surface area contributed by atoms with Crippen LogP contribution in [0.25, 0.3) is 0 Å². The standard InChI is InChI=1S/C17H13Br2NO3/c1-20-14-6-5-12(19)8-13(14)17(23,16(20)22)9-15(21)10-3-2-4-11(18)7-10/h2-8,23H,9H2,1H3. The van der Waals surface area contributed by atoms with Gasteiger partial charge < -0.3 is 10.0 Å². The molecule has 6 heteroatoms. The second-order valence-electron chi connectivity index (χ2n) is 5.50. The van der Waals surface area contributed by atoms with Crippen LogP contribution >= 0.6 is 31.9 Å². The van der Waals surface area contributed by atoms with Gasteiger partial charge in [-0.15, -0.1) is 0 Å². The number of hydrogen-bond acceptors (Lipinski definition) is 3. The molecular formula is C17H13Br2NO3. The number of carbonyl (C=O) groups is 2. The molecular weight excluding hydrogens is 426 g/mol. The number of likely N-dealkylation sites (N-methyl/N-ethyl adjacent to an activating group) is 1. The lowest BCUT2D eigenvalue weighted by Crippen LogP contribution is -2.40. The molecule has 0 spiro atoms. The summed E-state index contributed by atoms with van der Waals surface area (Å²) in [5.74, 6) is -0.780. The van der Waals surface area contributed by atoms with E-state index in [2.05, 4.69) is 31.9 Å². The molecule has 1 heterocycles. The molecule has 0 fully saturated rings. The van der Waals surface area contributed by atoms with Gasteiger partial charge in [0, 0.05) is 27.1 Å². The normalized spacial score (nSPS) is 19.8. The molecule has 0 saturated heterocycles. The highest BCUT2D eigenvalue weighted by molar-refractivity contribution is 9.10. The molecule has 118 valence electrons. The van der Waals surface area contributed by atoms with Gasteiger partial charge in [0.25, 0.3) is 5.91 Å². The number of anilines is 1. The fourth-order valence-corrected chi connectivity index (χ4v) is 3.56. The highest BCUT2D eigenvalue weighted by Gasteiger charge is 2.49. The molecule has 1 aliphatic rings. The number of rotatable bonds is 3. The lowest BCUT2D eigenvalue weighted by Gasteiger charge is -2.21. The zero-order valence-corrected chi connectivity index (χ0v) is 15.4. The van der Waals surface area contributed by atoms with Crippen LogP contribution in [0, 0.1) is 0 Å². The van der Waals surface area contributed by atoms with E-state index < -0.39 is 11.5 Å². The van der Waals surface area contributed by atoms with Crippen molar-refractivity contribution in [3.8, 4) is 0 Å². The van der Waals surface area contributed by atoms with Crippen molar-refractivity contribution in [3.05, 3.63) is 62.5 Å². The molecule has 23 heavy (non-hydrogen) atoms. The first-order valence-corrected chi connectivity index (χ1v) is 8.51. The molecule has 4 nitrogen and oxygen atoms in total. The van der Waals surface area contributed by atoms with E-state index in [1.54, 1.807) is 43.4 Å². The van der Waals surface area contributed by atoms with E-state index in [0.717, 1.165) is 8.95 Å². The van der Waals surface area contributed by atoms with Gasteiger partial charge in [0.05, 0.1) is 12.1 Å². The van der Waals surface area contributed by atoms with E-state index in [4.69, 9.17) is 0 Å². The smallest absolute Gasteiger partial charge is 0.263 e. The van der Waals surface area contributed by atoms with Gasteiger partial charge in [-0.25, -0.2) is 0 Å². The van der Waals surface area contributed by atoms with E-state index in [9.17, 15) is 14.7 Å². The molecule has 2 aromatic carbocycles. The molecule has 3 rings (SSSR count). The average Bonchev–Trinajstić information content (AvgIpc) is 2.69. The van der Waals surface area contributed by atoms with Crippen molar-refractivity contribution >= 4 is 49.2 Å². The van der Waals surface area contributed by atoms with E-state index in [1.165, 1.54) is 4.90 Å². The van der Waals surface area contributed by atoms with Crippen molar-refractivity contribution in [1.82, 2.24) is 0 Å². The number of ketones is 1. The summed E-state index contributed by atoms with van der Waals surface area (Å²) in [4.78, 5) is 26.5. The first kappa shape index (κ1) is 16.4. The first-order valence-electron chi connectivity index (χ1n) is 6.92. The van der Waals surface area contributed by atoms with Crippen molar-refractivity contribution in [2.75, 3.05) is 11.9 Å². The molecule has 0 aliphatic carbocycles. The monoisotopic (exact) mass is 437 g/mol. The van der Waals surface area contributed by atoms with Gasteiger partial charge in [-0.3, -0.25) is 9.59 Å². The van der Waals surface area contributed by atoms with Gasteiger partial charge in [-0.1, -0.05) is 44.0 Å². The molecule has 1 unspecified atom stereocenters. The summed E-state index contributed by atoms with van der Waals surface area (Å²) < 4.78 is 1.51. The summed E-state index contributed by atoms with van der Waals surface area (Å²) in [7, 11) is 1.59. The van der Waals surface area contributed by atoms with E-state index in [0.29, 0.717) is 16.8 Å². The molecule has 1 N–H and O–H groups in total. The predicted octanol–water partition coefficient (Wildman–Crippen LogP) is 3.65. The Morgan fingerprint density at radius 2 is 1.87 bits per heavy atom. The van der Waals surface area contributed by atoms with E-state index >= 15 is 0 Å². The Morgan fingerprint density at radius 3 is 2.57 bits per heavy atom. The molecule has 2 aromatic rings. The van der Waals surface area contributed by atoms with Crippen LogP contribution in [0.5, 0.6) is 0 Å². The number of fused-ring (bicyclic) bond motifs is 1. The Labute approximate surface area is 150 Å². The maximum atomic E-state index is 12.5. The third-order valence-electron chi connectivity index (χ3n) is 3.99. The van der Waals surface area contributed by atoms with Crippen LogP contribution in [0.1, 0.15) is 22.3 Å². The lowest BCUT2D eigenvalue weighted by molar-refractivity contribution is -0.135. The Kier molecular flexibility index (Phi) is 4.16. The Bertz CT molecular complexity index is 821. The molecule has 0 aromatic heterocycles. The number of hydrogen-bond donors (Lipinski definition) is 1. The molecule has 0 bridgehead atoms. The molecule has 1 aliphatic heterocycles. The van der Waals surface area contributed by atoms with Crippen molar-refractivity contribution in [2.45, 2.75) is 12.0 Å². The van der Waals surface area contributed by atoms with E-state index in [-0.39, 0.29) is 12.2 Å². The summed E-state index contributed by atoms with van der Waals surface area (Å²) in [5, 5.41) is 11.0. The molecule has 1 amide bonds. The number of Topliss-reactive ketones (excluding diaryl/α,β-unsaturated/α-hetero) is 1. The topological polar surface area (TPSA) is 57.6 Å². The maximum absolute atomic E-state index is 12.5. The highest BCUT2D eigenvalue weighted by Crippen LogP contribution is 2.43. The largest absolute Gasteiger partial charge is 0.375 e. The fraction of sp³-hybridized carbons (Fsp3) is 0.176. The summed E-state index contributed by atoms with van der Waals surface area (Å²) in [6.45, 7) is 0. The van der Waals surface area contributed by atoms with Crippen LogP contribution in [0.4, 0.5) is 5.69 Å². The third kappa shape index (κ3) is 2.75. The first-order chi connectivity index (χ1) is 10.8. The minimum atomic E-state index is -1.84. The number of benzene rings is 2. The fourth-order valence-electron chi connectivity index (χ4n) is 2.80. The van der Waals surface area contributed by atoms with Gasteiger partial charge in [0.15, 0.2) is 11.4 Å². The maximum Gasteiger partial charge on any atom is 0.263 e. The second-order valence-corrected chi connectivity index (χ2v) is 7.33. The van der Waals surface area contributed by atoms with Crippen LogP contribution < -0.4 is 4.90 Å². The van der Waals surface area contributed by atoms with Crippen molar-refractivity contribution in [2.24, 2.45) is 0 Å². The highest BCUT2D eigenvalue weighted by atomic mass is 79.9. The van der Waals surface area contributed by atoms with Crippen molar-refractivity contribution in [1.29, 1.82) is 0 Å². The summed E-state index contributed by atoms with van der Waals surface area (Å²) in [6.07, 6.45) is -0.296. The number of amides is 1. The minimum absolute atomic E-state index is 0.289. The summed E-state index contributed by atoms with van der Waals surface area (Å²) in [6, 6.07) is 12.1. The zero-order chi connectivity index (χ0) is 16.8. The molecule has 1 atom stereocenters. The number of nitrogens with zero attached hydrogens (tertiary/aromatic N) is 1. The lowest BCUT2D eigenvalue weighted by atomic mass is 9.88. The van der Waals surface area contributed by atoms with Gasteiger partial charge in [-0.2, -0.15) is 0 Å². The Morgan fingerprint density at radius 1 is 1.17 bits per heavy atom. The number of carbonyl (C=O) groups excluding carboxylic acids is 2. The van der Waals surface area contributed by atoms with Crippen LogP contribution in [0.3, 0.4) is 0 Å².